The van der Waals surface area contributed by atoms with Crippen LogP contribution in [-0.2, 0) is 0 Å². The molecule has 5 nitrogen and oxygen atoms in total. The molecule has 0 aliphatic heterocycles. The Hall–Kier alpha value is -2.69. The Morgan fingerprint density at radius 3 is 1.90 bits per heavy atom. The maximum atomic E-state index is 5.69. The number of pyridine rings is 1. The molecule has 0 fully saturated rings. The molecular formula is C15H14N4O. The van der Waals surface area contributed by atoms with Gasteiger partial charge in [-0.2, -0.15) is 0 Å². The standard InChI is InChI=1S/C15H14N4O/c1-19(2)13-5-3-11(4-6-13)14-17-18-15(20-14)12-7-9-16-10-8-12/h3-10H,1-2H3. The first kappa shape index (κ1) is 12.3. The summed E-state index contributed by atoms with van der Waals surface area (Å²) < 4.78 is 5.69. The molecule has 0 saturated carbocycles. The van der Waals surface area contributed by atoms with Crippen LogP contribution in [0.15, 0.2) is 53.2 Å². The van der Waals surface area contributed by atoms with E-state index >= 15 is 0 Å². The molecule has 0 N–H and O–H groups in total. The van der Waals surface area contributed by atoms with Crippen LogP contribution < -0.4 is 4.90 Å². The lowest BCUT2D eigenvalue weighted by molar-refractivity contribution is 0.584. The van der Waals surface area contributed by atoms with Crippen molar-refractivity contribution in [3.8, 4) is 22.9 Å². The zero-order chi connectivity index (χ0) is 13.9. The first-order chi connectivity index (χ1) is 9.74. The second kappa shape index (κ2) is 5.13. The predicted octanol–water partition coefficient (Wildman–Crippen LogP) is 2.86. The molecule has 0 spiro atoms. The summed E-state index contributed by atoms with van der Waals surface area (Å²) in [7, 11) is 4.01. The fourth-order valence-corrected chi connectivity index (χ4v) is 1.85. The molecule has 0 amide bonds. The highest BCUT2D eigenvalue weighted by atomic mass is 16.4. The Balaban J connectivity index is 1.90. The highest BCUT2D eigenvalue weighted by molar-refractivity contribution is 5.60. The van der Waals surface area contributed by atoms with Crippen LogP contribution >= 0.6 is 0 Å². The lowest BCUT2D eigenvalue weighted by atomic mass is 10.2. The van der Waals surface area contributed by atoms with Crippen LogP contribution in [0.1, 0.15) is 0 Å². The Morgan fingerprint density at radius 2 is 1.35 bits per heavy atom. The largest absolute Gasteiger partial charge is 0.416 e. The Labute approximate surface area is 116 Å². The normalized spacial score (nSPS) is 10.5. The summed E-state index contributed by atoms with van der Waals surface area (Å²) in [4.78, 5) is 6.01. The van der Waals surface area contributed by atoms with Crippen molar-refractivity contribution in [1.82, 2.24) is 15.2 Å². The van der Waals surface area contributed by atoms with E-state index in [4.69, 9.17) is 4.42 Å². The number of benzene rings is 1. The molecule has 0 aliphatic rings. The van der Waals surface area contributed by atoms with Gasteiger partial charge < -0.3 is 9.32 Å². The summed E-state index contributed by atoms with van der Waals surface area (Å²) in [5.74, 6) is 1.02. The number of hydrogen-bond donors (Lipinski definition) is 0. The third-order valence-corrected chi connectivity index (χ3v) is 2.98. The zero-order valence-corrected chi connectivity index (χ0v) is 11.3. The van der Waals surface area contributed by atoms with Crippen molar-refractivity contribution in [2.45, 2.75) is 0 Å². The van der Waals surface area contributed by atoms with Gasteiger partial charge in [0, 0.05) is 43.3 Å². The fraction of sp³-hybridized carbons (Fsp3) is 0.133. The maximum absolute atomic E-state index is 5.69. The molecule has 3 aromatic rings. The third kappa shape index (κ3) is 2.38. The van der Waals surface area contributed by atoms with Gasteiger partial charge in [-0.05, 0) is 36.4 Å². The van der Waals surface area contributed by atoms with Gasteiger partial charge in [-0.1, -0.05) is 0 Å². The number of nitrogens with zero attached hydrogens (tertiary/aromatic N) is 4. The molecule has 0 radical (unpaired) electrons. The number of aromatic nitrogens is 3. The van der Waals surface area contributed by atoms with Crippen LogP contribution in [0.3, 0.4) is 0 Å². The van der Waals surface area contributed by atoms with E-state index in [9.17, 15) is 0 Å². The van der Waals surface area contributed by atoms with Crippen molar-refractivity contribution < 1.29 is 4.42 Å². The molecular weight excluding hydrogens is 252 g/mol. The molecule has 5 heteroatoms. The Bertz CT molecular complexity index is 689. The summed E-state index contributed by atoms with van der Waals surface area (Å²) in [6.45, 7) is 0. The number of anilines is 1. The van der Waals surface area contributed by atoms with Crippen molar-refractivity contribution in [2.75, 3.05) is 19.0 Å². The minimum Gasteiger partial charge on any atom is -0.416 e. The molecule has 2 aromatic heterocycles. The minimum atomic E-state index is 0.499. The summed E-state index contributed by atoms with van der Waals surface area (Å²) in [5.41, 5.74) is 2.90. The highest BCUT2D eigenvalue weighted by Crippen LogP contribution is 2.24. The molecule has 1 aromatic carbocycles. The van der Waals surface area contributed by atoms with Gasteiger partial charge >= 0.3 is 0 Å². The first-order valence-electron chi connectivity index (χ1n) is 6.26. The highest BCUT2D eigenvalue weighted by Gasteiger charge is 2.10. The van der Waals surface area contributed by atoms with Crippen molar-refractivity contribution in [3.05, 3.63) is 48.8 Å². The van der Waals surface area contributed by atoms with Gasteiger partial charge in [-0.25, -0.2) is 0 Å². The minimum absolute atomic E-state index is 0.499. The van der Waals surface area contributed by atoms with Crippen LogP contribution in [-0.4, -0.2) is 29.3 Å². The first-order valence-corrected chi connectivity index (χ1v) is 6.26. The van der Waals surface area contributed by atoms with Gasteiger partial charge in [0.15, 0.2) is 0 Å². The lowest BCUT2D eigenvalue weighted by Gasteiger charge is -2.11. The van der Waals surface area contributed by atoms with E-state index in [-0.39, 0.29) is 0 Å². The molecule has 0 atom stereocenters. The Morgan fingerprint density at radius 1 is 0.800 bits per heavy atom. The van der Waals surface area contributed by atoms with Gasteiger partial charge in [0.25, 0.3) is 0 Å². The van der Waals surface area contributed by atoms with E-state index in [0.29, 0.717) is 11.8 Å². The molecule has 0 unspecified atom stereocenters. The monoisotopic (exact) mass is 266 g/mol. The number of hydrogen-bond acceptors (Lipinski definition) is 5. The summed E-state index contributed by atoms with van der Waals surface area (Å²) in [5, 5.41) is 8.15. The van der Waals surface area contributed by atoms with Gasteiger partial charge in [0.1, 0.15) is 0 Å². The van der Waals surface area contributed by atoms with E-state index < -0.39 is 0 Å². The van der Waals surface area contributed by atoms with E-state index in [1.54, 1.807) is 12.4 Å². The third-order valence-electron chi connectivity index (χ3n) is 2.98. The maximum Gasteiger partial charge on any atom is 0.248 e. The lowest BCUT2D eigenvalue weighted by Crippen LogP contribution is -2.07. The van der Waals surface area contributed by atoms with E-state index in [1.807, 2.05) is 55.4 Å². The van der Waals surface area contributed by atoms with Crippen molar-refractivity contribution in [1.29, 1.82) is 0 Å². The predicted molar refractivity (Wildman–Crippen MR) is 77.3 cm³/mol. The SMILES string of the molecule is CN(C)c1ccc(-c2nnc(-c3ccncc3)o2)cc1. The molecule has 0 bridgehead atoms. The fourth-order valence-electron chi connectivity index (χ4n) is 1.85. The number of rotatable bonds is 3. The van der Waals surface area contributed by atoms with Crippen molar-refractivity contribution in [3.63, 3.8) is 0 Å². The van der Waals surface area contributed by atoms with Gasteiger partial charge in [0.05, 0.1) is 0 Å². The topological polar surface area (TPSA) is 55.1 Å². The van der Waals surface area contributed by atoms with Crippen molar-refractivity contribution >= 4 is 5.69 Å². The molecule has 3 rings (SSSR count). The smallest absolute Gasteiger partial charge is 0.248 e. The van der Waals surface area contributed by atoms with Gasteiger partial charge in [-0.15, -0.1) is 10.2 Å². The van der Waals surface area contributed by atoms with E-state index in [1.165, 1.54) is 0 Å². The van der Waals surface area contributed by atoms with Gasteiger partial charge in [0.2, 0.25) is 11.8 Å². The van der Waals surface area contributed by atoms with Crippen LogP contribution in [0.5, 0.6) is 0 Å². The second-order valence-electron chi connectivity index (χ2n) is 4.59. The van der Waals surface area contributed by atoms with Gasteiger partial charge in [-0.3, -0.25) is 4.98 Å². The van der Waals surface area contributed by atoms with E-state index in [2.05, 4.69) is 15.2 Å². The summed E-state index contributed by atoms with van der Waals surface area (Å²) >= 11 is 0. The second-order valence-corrected chi connectivity index (χ2v) is 4.59. The molecule has 0 saturated heterocycles. The van der Waals surface area contributed by atoms with Crippen LogP contribution in [0, 0.1) is 0 Å². The average molecular weight is 266 g/mol. The summed E-state index contributed by atoms with van der Waals surface area (Å²) in [6.07, 6.45) is 3.40. The Kier molecular flexibility index (Phi) is 3.16. The van der Waals surface area contributed by atoms with Crippen molar-refractivity contribution in [2.24, 2.45) is 0 Å². The summed E-state index contributed by atoms with van der Waals surface area (Å²) in [6, 6.07) is 11.7. The molecule has 2 heterocycles. The zero-order valence-electron chi connectivity index (χ0n) is 11.3. The van der Waals surface area contributed by atoms with E-state index in [0.717, 1.165) is 16.8 Å². The molecule has 20 heavy (non-hydrogen) atoms. The van der Waals surface area contributed by atoms with Crippen LogP contribution in [0.4, 0.5) is 5.69 Å². The average Bonchev–Trinajstić information content (AvgIpc) is 2.98. The van der Waals surface area contributed by atoms with Crippen LogP contribution in [0.2, 0.25) is 0 Å². The molecule has 100 valence electrons. The molecule has 0 aliphatic carbocycles. The quantitative estimate of drug-likeness (QED) is 0.729. The van der Waals surface area contributed by atoms with Crippen LogP contribution in [0.25, 0.3) is 22.9 Å².